The summed E-state index contributed by atoms with van der Waals surface area (Å²) in [4.78, 5) is 64.4. The van der Waals surface area contributed by atoms with Gasteiger partial charge in [0.1, 0.15) is 17.7 Å². The van der Waals surface area contributed by atoms with Crippen LogP contribution < -0.4 is 37.7 Å². The molecule has 5 aromatic carbocycles. The number of hydrazone groups is 2. The van der Waals surface area contributed by atoms with Gasteiger partial charge in [0.15, 0.2) is 5.03 Å². The third-order valence-electron chi connectivity index (χ3n) is 9.90. The summed E-state index contributed by atoms with van der Waals surface area (Å²) in [6, 6.07) is 39.9. The van der Waals surface area contributed by atoms with Gasteiger partial charge < -0.3 is 37.7 Å². The number of nitrogens with one attached hydrogen (secondary N) is 6. The molecule has 4 amide bonds. The maximum Gasteiger partial charge on any atom is 0.266 e. The summed E-state index contributed by atoms with van der Waals surface area (Å²) >= 11 is 0. The van der Waals surface area contributed by atoms with Crippen molar-refractivity contribution in [1.82, 2.24) is 32.0 Å². The van der Waals surface area contributed by atoms with E-state index in [1.807, 2.05) is 133 Å². The summed E-state index contributed by atoms with van der Waals surface area (Å²) in [5.74, 6) is -2.61. The fourth-order valence-corrected chi connectivity index (χ4v) is 6.86. The molecule has 0 saturated heterocycles. The third kappa shape index (κ3) is 14.9. The van der Waals surface area contributed by atoms with Crippen molar-refractivity contribution in [3.63, 3.8) is 0 Å². The number of hydrogen-bond donors (Lipinski definition) is 7. The van der Waals surface area contributed by atoms with E-state index < -0.39 is 40.9 Å². The average Bonchev–Trinajstić information content (AvgIpc) is 3.27. The second kappa shape index (κ2) is 23.8. The summed E-state index contributed by atoms with van der Waals surface area (Å²) in [7, 11) is 0. The first-order valence-electron chi connectivity index (χ1n) is 20.3. The van der Waals surface area contributed by atoms with Gasteiger partial charge in [0, 0.05) is 32.6 Å². The number of fused-ring (bicyclic) bond motifs is 1. The van der Waals surface area contributed by atoms with E-state index in [2.05, 4.69) is 42.2 Å². The van der Waals surface area contributed by atoms with Gasteiger partial charge >= 0.3 is 0 Å². The van der Waals surface area contributed by atoms with Crippen molar-refractivity contribution >= 4 is 46.6 Å². The lowest BCUT2D eigenvalue weighted by Gasteiger charge is -2.25. The molecule has 0 fully saturated rings. The molecule has 0 aromatic heterocycles. The molecule has 322 valence electrons. The first kappa shape index (κ1) is 45.5. The molecule has 0 saturated carbocycles. The maximum atomic E-state index is 14.4. The fourth-order valence-electron chi connectivity index (χ4n) is 6.86. The molecule has 0 aliphatic carbocycles. The quantitative estimate of drug-likeness (QED) is 0.0177. The molecule has 0 aliphatic rings. The summed E-state index contributed by atoms with van der Waals surface area (Å²) in [5, 5.41) is 33.6. The Bertz CT molecular complexity index is 2270. The Hall–Kier alpha value is -7.62. The number of carbonyl (C=O) groups is 4. The lowest BCUT2D eigenvalue weighted by Crippen LogP contribution is -2.53. The Kier molecular flexibility index (Phi) is 17.5. The first-order valence-corrected chi connectivity index (χ1v) is 20.3. The van der Waals surface area contributed by atoms with Crippen LogP contribution in [0.3, 0.4) is 0 Å². The molecule has 0 aliphatic heterocycles. The molecule has 0 bridgehead atoms. The summed E-state index contributed by atoms with van der Waals surface area (Å²) < 4.78 is 0. The van der Waals surface area contributed by atoms with Crippen molar-refractivity contribution in [2.45, 2.75) is 50.7 Å². The van der Waals surface area contributed by atoms with E-state index >= 15 is 0 Å². The summed E-state index contributed by atoms with van der Waals surface area (Å²) in [6.07, 6.45) is 2.55. The Balaban J connectivity index is 1.34. The number of guanidine groups is 1. The van der Waals surface area contributed by atoms with E-state index in [1.165, 1.54) is 13.1 Å². The number of nitro groups is 1. The van der Waals surface area contributed by atoms with Gasteiger partial charge in [-0.1, -0.05) is 133 Å². The van der Waals surface area contributed by atoms with Gasteiger partial charge in [0.25, 0.3) is 5.96 Å². The minimum absolute atomic E-state index is 0.0561. The molecular formula is C46H52N10O6. The van der Waals surface area contributed by atoms with Crippen LogP contribution in [0.2, 0.25) is 0 Å². The SMILES string of the molecule is CC(=O)NCC(Cc1ccccc1)C(=O)NC(Cc1cccc2ccccc12)C(=O)NC(/C=N/NCC(=O)NC(c1ccccc1)c1ccccc1)CCCN/C(N)=N\[N+](=O)[O-]. The highest BCUT2D eigenvalue weighted by Crippen LogP contribution is 2.22. The van der Waals surface area contributed by atoms with Crippen molar-refractivity contribution in [3.05, 3.63) is 166 Å². The van der Waals surface area contributed by atoms with Crippen molar-refractivity contribution in [2.75, 3.05) is 19.6 Å². The van der Waals surface area contributed by atoms with Crippen LogP contribution in [0.4, 0.5) is 0 Å². The Morgan fingerprint density at radius 3 is 2.03 bits per heavy atom. The van der Waals surface area contributed by atoms with Crippen LogP contribution in [-0.2, 0) is 32.0 Å². The van der Waals surface area contributed by atoms with Gasteiger partial charge in [-0.3, -0.25) is 19.2 Å². The van der Waals surface area contributed by atoms with Crippen LogP contribution in [-0.4, -0.2) is 72.6 Å². The maximum absolute atomic E-state index is 14.4. The largest absolute Gasteiger partial charge is 0.365 e. The standard InChI is InChI=1S/C46H52N10O6/c1-32(57)49-29-38(27-33-15-5-2-6-16-33)44(59)53-41(28-37-23-13-22-34-17-11-12-25-40(34)37)45(60)52-39(24-14-26-48-46(47)55-56(61)62)30-50-51-31-42(58)54-43(35-18-7-3-8-19-35)36-20-9-4-10-21-36/h2-13,15-23,25,30,38-39,41,43,51H,14,24,26-29,31H2,1H3,(H,49,57)(H,52,60)(H,53,59)(H,54,58)(H3,47,48,55)/b50-30+. The highest BCUT2D eigenvalue weighted by Gasteiger charge is 2.28. The summed E-state index contributed by atoms with van der Waals surface area (Å²) in [5.41, 5.74) is 11.9. The smallest absolute Gasteiger partial charge is 0.266 e. The van der Waals surface area contributed by atoms with Gasteiger partial charge in [-0.25, -0.2) is 10.1 Å². The van der Waals surface area contributed by atoms with Gasteiger partial charge in [-0.2, -0.15) is 5.10 Å². The molecule has 16 heteroatoms. The van der Waals surface area contributed by atoms with Crippen LogP contribution >= 0.6 is 0 Å². The van der Waals surface area contributed by atoms with Crippen LogP contribution in [0.5, 0.6) is 0 Å². The average molecular weight is 841 g/mol. The van der Waals surface area contributed by atoms with Crippen LogP contribution in [0.15, 0.2) is 144 Å². The second-order valence-corrected chi connectivity index (χ2v) is 14.6. The number of rotatable bonds is 22. The second-order valence-electron chi connectivity index (χ2n) is 14.6. The third-order valence-corrected chi connectivity index (χ3v) is 9.90. The lowest BCUT2D eigenvalue weighted by atomic mass is 9.95. The summed E-state index contributed by atoms with van der Waals surface area (Å²) in [6.45, 7) is 1.43. The molecule has 5 rings (SSSR count). The molecule has 5 aromatic rings. The predicted octanol–water partition coefficient (Wildman–Crippen LogP) is 3.70. The normalized spacial score (nSPS) is 12.8. The van der Waals surface area contributed by atoms with Crippen molar-refractivity contribution in [1.29, 1.82) is 0 Å². The number of carbonyl (C=O) groups excluding carboxylic acids is 4. The first-order chi connectivity index (χ1) is 30.0. The zero-order valence-corrected chi connectivity index (χ0v) is 34.4. The molecule has 3 unspecified atom stereocenters. The number of benzene rings is 5. The zero-order chi connectivity index (χ0) is 44.1. The van der Waals surface area contributed by atoms with Crippen molar-refractivity contribution in [2.24, 2.45) is 21.9 Å². The van der Waals surface area contributed by atoms with E-state index in [0.29, 0.717) is 12.8 Å². The van der Waals surface area contributed by atoms with Crippen molar-refractivity contribution in [3.8, 4) is 0 Å². The minimum Gasteiger partial charge on any atom is -0.365 e. The Morgan fingerprint density at radius 2 is 1.37 bits per heavy atom. The predicted molar refractivity (Wildman–Crippen MR) is 239 cm³/mol. The van der Waals surface area contributed by atoms with E-state index in [9.17, 15) is 29.3 Å². The molecule has 8 N–H and O–H groups in total. The van der Waals surface area contributed by atoms with Crippen LogP contribution in [0.25, 0.3) is 10.8 Å². The van der Waals surface area contributed by atoms with Crippen LogP contribution in [0, 0.1) is 16.0 Å². The monoisotopic (exact) mass is 840 g/mol. The highest BCUT2D eigenvalue weighted by atomic mass is 16.7. The molecule has 3 atom stereocenters. The van der Waals surface area contributed by atoms with Crippen LogP contribution in [0.1, 0.15) is 48.1 Å². The highest BCUT2D eigenvalue weighted by molar-refractivity contribution is 5.92. The van der Waals surface area contributed by atoms with Gasteiger partial charge in [0.05, 0.1) is 18.0 Å². The molecular weight excluding hydrogens is 789 g/mol. The molecule has 0 heterocycles. The molecule has 16 nitrogen and oxygen atoms in total. The number of amides is 4. The van der Waals surface area contributed by atoms with Gasteiger partial charge in [-0.15, -0.1) is 0 Å². The number of nitrogens with two attached hydrogens (primary N) is 1. The Morgan fingerprint density at radius 1 is 0.742 bits per heavy atom. The number of hydrogen-bond acceptors (Lipinski definition) is 8. The van der Waals surface area contributed by atoms with Gasteiger partial charge in [-0.05, 0) is 52.3 Å². The zero-order valence-electron chi connectivity index (χ0n) is 34.4. The molecule has 62 heavy (non-hydrogen) atoms. The van der Waals surface area contributed by atoms with E-state index in [4.69, 9.17) is 5.73 Å². The minimum atomic E-state index is -1.06. The number of nitrogens with zero attached hydrogens (tertiary/aromatic N) is 3. The van der Waals surface area contributed by atoms with Gasteiger partial charge in [0.2, 0.25) is 23.6 Å². The fraction of sp³-hybridized carbons (Fsp3) is 0.261. The van der Waals surface area contributed by atoms with E-state index in [1.54, 1.807) is 0 Å². The molecule has 0 radical (unpaired) electrons. The topological polar surface area (TPSA) is 234 Å². The molecule has 0 spiro atoms. The van der Waals surface area contributed by atoms with Crippen molar-refractivity contribution < 1.29 is 24.2 Å². The Labute approximate surface area is 360 Å². The van der Waals surface area contributed by atoms with E-state index in [-0.39, 0.29) is 50.2 Å². The lowest BCUT2D eigenvalue weighted by molar-refractivity contribution is -0.485. The van der Waals surface area contributed by atoms with E-state index in [0.717, 1.165) is 33.0 Å².